The topological polar surface area (TPSA) is 185 Å². The fraction of sp³-hybridized carbons (Fsp3) is 0.529. The Hall–Kier alpha value is -6.00. The number of pyridine rings is 1. The highest BCUT2D eigenvalue weighted by atomic mass is 16.5. The van der Waals surface area contributed by atoms with E-state index in [1.165, 1.54) is 21.9 Å². The van der Waals surface area contributed by atoms with Crippen molar-refractivity contribution in [2.75, 3.05) is 47.5 Å². The number of fused-ring (bicyclic) bond motifs is 6. The first-order valence-corrected chi connectivity index (χ1v) is 23.4. The molecule has 2 aromatic carbocycles. The van der Waals surface area contributed by atoms with Crippen molar-refractivity contribution < 1.29 is 43.3 Å². The number of ether oxygens (including phenoxy) is 3. The van der Waals surface area contributed by atoms with Gasteiger partial charge in [0.15, 0.2) is 0 Å². The van der Waals surface area contributed by atoms with Crippen molar-refractivity contribution in [1.29, 1.82) is 0 Å². The molecule has 4 aromatic rings. The highest BCUT2D eigenvalue weighted by Gasteiger charge is 2.44. The average molecular weight is 922 g/mol. The summed E-state index contributed by atoms with van der Waals surface area (Å²) in [6, 6.07) is 13.3. The zero-order valence-electron chi connectivity index (χ0n) is 40.6. The van der Waals surface area contributed by atoms with Gasteiger partial charge in [0, 0.05) is 74.8 Å². The summed E-state index contributed by atoms with van der Waals surface area (Å²) in [5, 5.41) is 16.7. The van der Waals surface area contributed by atoms with Crippen molar-refractivity contribution in [2.45, 2.75) is 111 Å². The molecule has 2 saturated heterocycles. The van der Waals surface area contributed by atoms with Crippen LogP contribution in [0, 0.1) is 17.3 Å². The number of aromatic hydroxyl groups is 1. The second-order valence-corrected chi connectivity index (χ2v) is 19.8. The van der Waals surface area contributed by atoms with E-state index in [1.54, 1.807) is 39.4 Å². The van der Waals surface area contributed by atoms with E-state index in [-0.39, 0.29) is 49.8 Å². The minimum Gasteiger partial charge on any atom is -0.508 e. The predicted octanol–water partition coefficient (Wildman–Crippen LogP) is 6.41. The first kappa shape index (κ1) is 48.9. The van der Waals surface area contributed by atoms with Crippen molar-refractivity contribution in [3.8, 4) is 28.1 Å². The number of methoxy groups -OCH3 is 2. The Morgan fingerprint density at radius 1 is 1.04 bits per heavy atom. The molecule has 5 heterocycles. The van der Waals surface area contributed by atoms with E-state index in [0.717, 1.165) is 39.0 Å². The number of aryl methyl sites for hydroxylation is 1. The number of likely N-dealkylation sites (tertiary alicyclic amines) is 1. The van der Waals surface area contributed by atoms with Crippen molar-refractivity contribution in [2.24, 2.45) is 17.3 Å². The van der Waals surface area contributed by atoms with Crippen LogP contribution in [-0.2, 0) is 52.8 Å². The Balaban J connectivity index is 1.32. The lowest BCUT2D eigenvalue weighted by molar-refractivity contribution is -0.162. The number of phenols is 1. The van der Waals surface area contributed by atoms with Gasteiger partial charge in [-0.3, -0.25) is 24.4 Å². The lowest BCUT2D eigenvalue weighted by atomic mass is 9.84. The number of rotatable bonds is 9. The molecule has 0 unspecified atom stereocenters. The number of amides is 4. The van der Waals surface area contributed by atoms with Gasteiger partial charge < -0.3 is 39.0 Å². The molecule has 0 saturated carbocycles. The SMILES string of the molecule is CCn1c(-c2cccnc2[C@H](C)OC)c2c3cc(ccc31)-c1cc(O)cc(c1)C[C@H](NC(=O)[C@H](C(C)C)N(C)C(=O)[C@H]1CCN(C(=O)OC)C1)C(=O)N1CCC[C@@](C)(N1)C(=O)OCC(C)(C)C2. The van der Waals surface area contributed by atoms with Gasteiger partial charge in [0.25, 0.3) is 5.91 Å². The van der Waals surface area contributed by atoms with Gasteiger partial charge in [-0.25, -0.2) is 15.0 Å². The molecule has 16 nitrogen and oxygen atoms in total. The first-order chi connectivity index (χ1) is 31.8. The molecule has 2 fully saturated rings. The lowest BCUT2D eigenvalue weighted by Crippen LogP contribution is -2.66. The molecule has 0 radical (unpaired) electrons. The maximum Gasteiger partial charge on any atom is 0.409 e. The fourth-order valence-electron chi connectivity index (χ4n) is 10.2. The van der Waals surface area contributed by atoms with E-state index in [0.29, 0.717) is 49.9 Å². The predicted molar refractivity (Wildman–Crippen MR) is 253 cm³/mol. The third-order valence-electron chi connectivity index (χ3n) is 13.7. The van der Waals surface area contributed by atoms with Crippen LogP contribution >= 0.6 is 0 Å². The van der Waals surface area contributed by atoms with Crippen molar-refractivity contribution in [3.05, 3.63) is 71.5 Å². The zero-order chi connectivity index (χ0) is 48.5. The highest BCUT2D eigenvalue weighted by Crippen LogP contribution is 2.42. The molecule has 6 bridgehead atoms. The quantitative estimate of drug-likeness (QED) is 0.158. The van der Waals surface area contributed by atoms with Gasteiger partial charge in [-0.2, -0.15) is 0 Å². The number of hydrogen-bond acceptors (Lipinski definition) is 11. The second kappa shape index (κ2) is 19.7. The average Bonchev–Trinajstić information content (AvgIpc) is 3.92. The molecule has 3 N–H and O–H groups in total. The van der Waals surface area contributed by atoms with Crippen LogP contribution in [0.15, 0.2) is 54.7 Å². The number of esters is 1. The molecule has 2 aromatic heterocycles. The molecule has 7 rings (SSSR count). The summed E-state index contributed by atoms with van der Waals surface area (Å²) in [6.07, 6.45) is 2.78. The highest BCUT2D eigenvalue weighted by molar-refractivity contribution is 5.96. The van der Waals surface area contributed by atoms with Crippen LogP contribution in [0.4, 0.5) is 4.79 Å². The Kier molecular flexibility index (Phi) is 14.4. The number of carbonyl (C=O) groups excluding carboxylic acids is 5. The lowest BCUT2D eigenvalue weighted by Gasteiger charge is -2.41. The van der Waals surface area contributed by atoms with Gasteiger partial charge in [-0.05, 0) is 111 Å². The Morgan fingerprint density at radius 3 is 2.51 bits per heavy atom. The number of nitrogens with one attached hydrogen (secondary N) is 2. The Labute approximate surface area is 393 Å². The molecule has 0 aliphatic carbocycles. The molecule has 0 spiro atoms. The Morgan fingerprint density at radius 2 is 1.81 bits per heavy atom. The summed E-state index contributed by atoms with van der Waals surface area (Å²) in [7, 11) is 4.53. The van der Waals surface area contributed by atoms with Crippen molar-refractivity contribution in [3.63, 3.8) is 0 Å². The van der Waals surface area contributed by atoms with E-state index < -0.39 is 52.8 Å². The summed E-state index contributed by atoms with van der Waals surface area (Å²) in [6.45, 7) is 15.1. The van der Waals surface area contributed by atoms with E-state index in [1.807, 2.05) is 39.0 Å². The van der Waals surface area contributed by atoms with Crippen molar-refractivity contribution >= 4 is 40.7 Å². The summed E-state index contributed by atoms with van der Waals surface area (Å²) in [5.41, 5.74) is 8.27. The molecule has 3 aliphatic heterocycles. The number of aromatic nitrogens is 2. The second-order valence-electron chi connectivity index (χ2n) is 19.8. The molecule has 16 heteroatoms. The van der Waals surface area contributed by atoms with E-state index in [9.17, 15) is 29.1 Å². The van der Waals surface area contributed by atoms with E-state index in [4.69, 9.17) is 19.2 Å². The maximum atomic E-state index is 14.8. The molecule has 4 amide bonds. The normalized spacial score (nSPS) is 22.0. The van der Waals surface area contributed by atoms with Crippen LogP contribution in [0.3, 0.4) is 0 Å². The zero-order valence-corrected chi connectivity index (χ0v) is 40.6. The molecule has 360 valence electrons. The van der Waals surface area contributed by atoms with Gasteiger partial charge in [0.1, 0.15) is 23.4 Å². The fourth-order valence-corrected chi connectivity index (χ4v) is 10.2. The molecular formula is C51H67N7O9. The number of nitrogens with zero attached hydrogens (tertiary/aromatic N) is 5. The van der Waals surface area contributed by atoms with Crippen LogP contribution in [0.25, 0.3) is 33.3 Å². The number of benzene rings is 2. The van der Waals surface area contributed by atoms with Crippen LogP contribution in [0.1, 0.15) is 90.7 Å². The smallest absolute Gasteiger partial charge is 0.409 e. The molecule has 5 atom stereocenters. The van der Waals surface area contributed by atoms with Gasteiger partial charge in [-0.1, -0.05) is 39.8 Å². The van der Waals surface area contributed by atoms with Crippen LogP contribution < -0.4 is 10.7 Å². The standard InChI is InChI=1S/C51H67N7O9/c1-11-57-41-16-15-33-26-38(41)39(44(57)37-14-12-19-52-42(37)31(4)65-9)27-50(5,6)29-67-48(63)51(7)18-13-20-58(54-51)47(62)40(24-32-22-35(33)25-36(59)23-32)53-45(60)43(30(2)3)55(8)46(61)34-17-21-56(28-34)49(64)66-10/h12,14-16,19,22-23,25-26,30-31,34,40,43,54,59H,11,13,17-18,20-21,24,27-29H2,1-10H3,(H,53,60)/t31-,34-,40-,43-,51+/m0/s1. The third-order valence-corrected chi connectivity index (χ3v) is 13.7. The van der Waals surface area contributed by atoms with Gasteiger partial charge in [0.2, 0.25) is 11.8 Å². The number of hydrazine groups is 1. The number of phenolic OH excluding ortho intramolecular Hbond substituents is 1. The minimum atomic E-state index is -1.27. The van der Waals surface area contributed by atoms with Gasteiger partial charge >= 0.3 is 12.1 Å². The van der Waals surface area contributed by atoms with E-state index in [2.05, 4.69) is 54.3 Å². The summed E-state index contributed by atoms with van der Waals surface area (Å²) in [4.78, 5) is 77.5. The van der Waals surface area contributed by atoms with Crippen LogP contribution in [-0.4, -0.2) is 124 Å². The van der Waals surface area contributed by atoms with Crippen molar-refractivity contribution in [1.82, 2.24) is 35.1 Å². The number of hydrogen-bond donors (Lipinski definition) is 3. The number of carbonyl (C=O) groups is 5. The van der Waals surface area contributed by atoms with Crippen LogP contribution in [0.5, 0.6) is 5.75 Å². The summed E-state index contributed by atoms with van der Waals surface area (Å²) < 4.78 is 19.2. The monoisotopic (exact) mass is 922 g/mol. The maximum absolute atomic E-state index is 14.8. The largest absolute Gasteiger partial charge is 0.508 e. The molecule has 67 heavy (non-hydrogen) atoms. The summed E-state index contributed by atoms with van der Waals surface area (Å²) in [5.74, 6) is -2.74. The first-order valence-electron chi connectivity index (χ1n) is 23.4. The third kappa shape index (κ3) is 10.0. The Bertz CT molecular complexity index is 2540. The van der Waals surface area contributed by atoms with E-state index >= 15 is 0 Å². The van der Waals surface area contributed by atoms with Gasteiger partial charge in [0.05, 0.1) is 37.1 Å². The molecular weight excluding hydrogens is 855 g/mol. The summed E-state index contributed by atoms with van der Waals surface area (Å²) >= 11 is 0. The minimum absolute atomic E-state index is 0.0179. The number of cyclic esters (lactones) is 1. The van der Waals surface area contributed by atoms with Gasteiger partial charge in [-0.15, -0.1) is 0 Å². The number of likely N-dealkylation sites (N-methyl/N-ethyl adjacent to an activating group) is 1. The molecule has 3 aliphatic rings. The van der Waals surface area contributed by atoms with Crippen LogP contribution in [0.2, 0.25) is 0 Å².